The lowest BCUT2D eigenvalue weighted by Gasteiger charge is -2.12. The fourth-order valence-electron chi connectivity index (χ4n) is 0.365. The van der Waals surface area contributed by atoms with Crippen LogP contribution in [-0.4, -0.2) is 28.8 Å². The van der Waals surface area contributed by atoms with Crippen molar-refractivity contribution in [2.45, 2.75) is 19.4 Å². The second-order valence-electron chi connectivity index (χ2n) is 2.65. The summed E-state index contributed by atoms with van der Waals surface area (Å²) in [5.41, 5.74) is 0.873. The fraction of sp³-hybridized carbons (Fsp3) is 1.00. The second kappa shape index (κ2) is 4.06. The molecule has 0 aromatic rings. The first-order valence-corrected chi connectivity index (χ1v) is 4.56. The van der Waals surface area contributed by atoms with E-state index in [0.717, 1.165) is 5.54 Å². The Morgan fingerprint density at radius 1 is 1.38 bits per heavy atom. The minimum atomic E-state index is -0.0255. The van der Waals surface area contributed by atoms with Crippen molar-refractivity contribution in [1.82, 2.24) is 10.1 Å². The summed E-state index contributed by atoms with van der Waals surface area (Å²) in [4.78, 5) is 0. The van der Waals surface area contributed by atoms with Gasteiger partial charge >= 0.3 is 0 Å². The lowest BCUT2D eigenvalue weighted by molar-refractivity contribution is 0.371. The lowest BCUT2D eigenvalue weighted by atomic mass is 10.6. The van der Waals surface area contributed by atoms with Crippen molar-refractivity contribution in [3.63, 3.8) is 0 Å². The molecule has 1 N–H and O–H groups in total. The van der Waals surface area contributed by atoms with Gasteiger partial charge in [-0.25, -0.2) is 0 Å². The Hall–Kier alpha value is 0.137. The zero-order valence-electron chi connectivity index (χ0n) is 6.23. The molecule has 0 spiro atoms. The van der Waals surface area contributed by atoms with Crippen molar-refractivity contribution in [2.75, 3.05) is 14.1 Å². The third kappa shape index (κ3) is 6.14. The van der Waals surface area contributed by atoms with Gasteiger partial charge in [-0.2, -0.15) is 0 Å². The molecule has 0 rings (SSSR count). The van der Waals surface area contributed by atoms with Crippen LogP contribution < -0.4 is 5.09 Å². The normalized spacial score (nSPS) is 12.8. The highest BCUT2D eigenvalue weighted by atomic mass is 28.2. The van der Waals surface area contributed by atoms with Gasteiger partial charge in [0.2, 0.25) is 0 Å². The molecule has 0 aromatic heterocycles. The van der Waals surface area contributed by atoms with Gasteiger partial charge in [0.25, 0.3) is 0 Å². The van der Waals surface area contributed by atoms with Crippen LogP contribution in [0.1, 0.15) is 13.8 Å². The minimum Gasteiger partial charge on any atom is -0.284 e. The summed E-state index contributed by atoms with van der Waals surface area (Å²) in [6.45, 7) is 4.51. The van der Waals surface area contributed by atoms with Gasteiger partial charge in [0, 0.05) is 14.1 Å². The number of nitrogens with one attached hydrogen (secondary N) is 1. The molecule has 0 radical (unpaired) electrons. The summed E-state index contributed by atoms with van der Waals surface area (Å²) in [7, 11) is 4.05. The Morgan fingerprint density at radius 3 is 2.00 bits per heavy atom. The fourth-order valence-corrected chi connectivity index (χ4v) is 1.10. The maximum Gasteiger partial charge on any atom is 0.113 e. The molecule has 0 atom stereocenters. The molecular formula is C5H16N2Si. The van der Waals surface area contributed by atoms with E-state index < -0.39 is 0 Å². The van der Waals surface area contributed by atoms with Crippen molar-refractivity contribution in [1.29, 1.82) is 0 Å². The van der Waals surface area contributed by atoms with E-state index in [1.54, 1.807) is 0 Å². The molecule has 2 nitrogen and oxygen atoms in total. The van der Waals surface area contributed by atoms with Crippen LogP contribution in [0.5, 0.6) is 0 Å². The van der Waals surface area contributed by atoms with Crippen molar-refractivity contribution in [3.05, 3.63) is 0 Å². The van der Waals surface area contributed by atoms with Crippen LogP contribution in [0.4, 0.5) is 0 Å². The number of hydrogen-bond donors (Lipinski definition) is 1. The van der Waals surface area contributed by atoms with Crippen molar-refractivity contribution in [2.24, 2.45) is 0 Å². The van der Waals surface area contributed by atoms with Gasteiger partial charge in [0.05, 0.1) is 0 Å². The Balaban J connectivity index is 2.93. The van der Waals surface area contributed by atoms with Gasteiger partial charge in [-0.3, -0.25) is 10.1 Å². The van der Waals surface area contributed by atoms with Crippen LogP contribution in [0.3, 0.4) is 0 Å². The van der Waals surface area contributed by atoms with E-state index in [1.165, 1.54) is 0 Å². The predicted octanol–water partition coefficient (Wildman–Crippen LogP) is -0.0353. The van der Waals surface area contributed by atoms with E-state index in [-0.39, 0.29) is 9.68 Å². The molecule has 0 unspecified atom stereocenters. The molecule has 0 heterocycles. The molecule has 0 bridgehead atoms. The first-order chi connectivity index (χ1) is 3.63. The maximum absolute atomic E-state index is 3.32. The van der Waals surface area contributed by atoms with Crippen molar-refractivity contribution in [3.8, 4) is 0 Å². The molecule has 0 aliphatic heterocycles. The van der Waals surface area contributed by atoms with Crippen LogP contribution in [-0.2, 0) is 0 Å². The zero-order valence-corrected chi connectivity index (χ0v) is 7.65. The van der Waals surface area contributed by atoms with E-state index in [1.807, 2.05) is 19.1 Å². The summed E-state index contributed by atoms with van der Waals surface area (Å²) in [6.07, 6.45) is 0. The van der Waals surface area contributed by atoms with Gasteiger partial charge in [-0.05, 0) is 5.54 Å². The van der Waals surface area contributed by atoms with Crippen LogP contribution in [0.15, 0.2) is 0 Å². The highest BCUT2D eigenvalue weighted by Crippen LogP contribution is 1.92. The molecule has 0 fully saturated rings. The standard InChI is InChI=1S/C5H16N2Si/c1-5(2)8-6-7(3)4/h5-6H,8H2,1-4H3. The number of hydrogen-bond acceptors (Lipinski definition) is 2. The van der Waals surface area contributed by atoms with E-state index >= 15 is 0 Å². The first-order valence-electron chi connectivity index (χ1n) is 3.03. The predicted molar refractivity (Wildman–Crippen MR) is 40.5 cm³/mol. The topological polar surface area (TPSA) is 15.3 Å². The molecule has 0 saturated carbocycles. The van der Waals surface area contributed by atoms with E-state index in [9.17, 15) is 0 Å². The van der Waals surface area contributed by atoms with Gasteiger partial charge in [0.15, 0.2) is 0 Å². The SMILES string of the molecule is CC(C)[SiH2]NN(C)C. The molecule has 0 aliphatic carbocycles. The third-order valence-electron chi connectivity index (χ3n) is 0.816. The molecule has 0 saturated heterocycles. The molecule has 50 valence electrons. The van der Waals surface area contributed by atoms with E-state index in [0.29, 0.717) is 0 Å². The average molecular weight is 132 g/mol. The van der Waals surface area contributed by atoms with E-state index in [2.05, 4.69) is 18.9 Å². The Morgan fingerprint density at radius 2 is 1.88 bits per heavy atom. The number of rotatable bonds is 3. The molecule has 8 heavy (non-hydrogen) atoms. The van der Waals surface area contributed by atoms with Crippen LogP contribution >= 0.6 is 0 Å². The number of hydrazine groups is 1. The highest BCUT2D eigenvalue weighted by molar-refractivity contribution is 6.33. The van der Waals surface area contributed by atoms with Gasteiger partial charge in [0.1, 0.15) is 9.68 Å². The minimum absolute atomic E-state index is 0.0255. The summed E-state index contributed by atoms with van der Waals surface area (Å²) >= 11 is 0. The maximum atomic E-state index is 3.32. The monoisotopic (exact) mass is 132 g/mol. The summed E-state index contributed by atoms with van der Waals surface area (Å²) in [5, 5.41) is 5.35. The summed E-state index contributed by atoms with van der Waals surface area (Å²) in [6, 6.07) is 0. The summed E-state index contributed by atoms with van der Waals surface area (Å²) in [5.74, 6) is 0. The van der Waals surface area contributed by atoms with Gasteiger partial charge in [-0.1, -0.05) is 13.8 Å². The van der Waals surface area contributed by atoms with Crippen LogP contribution in [0.2, 0.25) is 5.54 Å². The quantitative estimate of drug-likeness (QED) is 0.428. The molecule has 0 aliphatic rings. The van der Waals surface area contributed by atoms with Gasteiger partial charge < -0.3 is 0 Å². The lowest BCUT2D eigenvalue weighted by Crippen LogP contribution is -2.34. The van der Waals surface area contributed by atoms with Crippen LogP contribution in [0.25, 0.3) is 0 Å². The second-order valence-corrected chi connectivity index (χ2v) is 5.01. The summed E-state index contributed by atoms with van der Waals surface area (Å²) < 4.78 is 0. The Kier molecular flexibility index (Phi) is 4.13. The third-order valence-corrected chi connectivity index (χ3v) is 2.45. The Bertz CT molecular complexity index is 46.4. The Labute approximate surface area is 54.1 Å². The molecule has 0 aromatic carbocycles. The van der Waals surface area contributed by atoms with Crippen LogP contribution in [0, 0.1) is 0 Å². The molecule has 3 heteroatoms. The molecular weight excluding hydrogens is 116 g/mol. The zero-order chi connectivity index (χ0) is 6.57. The van der Waals surface area contributed by atoms with Crippen molar-refractivity contribution >= 4 is 9.68 Å². The first kappa shape index (κ1) is 8.14. The largest absolute Gasteiger partial charge is 0.284 e. The van der Waals surface area contributed by atoms with E-state index in [4.69, 9.17) is 0 Å². The van der Waals surface area contributed by atoms with Crippen molar-refractivity contribution < 1.29 is 0 Å². The average Bonchev–Trinajstić information content (AvgIpc) is 1.61. The molecule has 0 amide bonds. The number of nitrogens with zero attached hydrogens (tertiary/aromatic N) is 1. The highest BCUT2D eigenvalue weighted by Gasteiger charge is 1.92. The van der Waals surface area contributed by atoms with Gasteiger partial charge in [-0.15, -0.1) is 0 Å². The smallest absolute Gasteiger partial charge is 0.113 e.